The number of aliphatic hydroxyl groups is 1. The molecule has 148 valence electrons. The number of carbonyl (C=O) groups excluding carboxylic acids is 1. The van der Waals surface area contributed by atoms with E-state index < -0.39 is 18.9 Å². The number of hydrogen-bond acceptors (Lipinski definition) is 5. The molecule has 1 N–H and O–H groups in total. The van der Waals surface area contributed by atoms with Crippen LogP contribution < -0.4 is 0 Å². The average molecular weight is 379 g/mol. The second-order valence-corrected chi connectivity index (χ2v) is 10.2. The zero-order chi connectivity index (χ0) is 19.5. The first-order chi connectivity index (χ1) is 11.3. The highest BCUT2D eigenvalue weighted by Gasteiger charge is 2.40. The molecule has 1 aliphatic rings. The van der Waals surface area contributed by atoms with E-state index in [1.165, 1.54) is 0 Å². The maximum atomic E-state index is 13.0. The zero-order valence-electron chi connectivity index (χ0n) is 16.6. The molecule has 0 aromatic rings. The van der Waals surface area contributed by atoms with Gasteiger partial charge in [-0.3, -0.25) is 9.36 Å². The third-order valence-corrected chi connectivity index (χ3v) is 6.73. The van der Waals surface area contributed by atoms with Gasteiger partial charge in [-0.05, 0) is 48.7 Å². The van der Waals surface area contributed by atoms with Crippen LogP contribution in [0.4, 0.5) is 0 Å². The van der Waals surface area contributed by atoms with Gasteiger partial charge in [0.05, 0.1) is 18.8 Å². The van der Waals surface area contributed by atoms with Crippen LogP contribution in [0.2, 0.25) is 0 Å². The third kappa shape index (κ3) is 6.01. The van der Waals surface area contributed by atoms with Crippen molar-refractivity contribution >= 4 is 13.6 Å². The molecule has 1 saturated heterocycles. The quantitative estimate of drug-likeness (QED) is 0.639. The van der Waals surface area contributed by atoms with Gasteiger partial charge < -0.3 is 19.3 Å². The van der Waals surface area contributed by atoms with E-state index in [1.807, 2.05) is 11.6 Å². The Morgan fingerprint density at radius 3 is 2.08 bits per heavy atom. The maximum Gasteiger partial charge on any atom is 0.345 e. The smallest absolute Gasteiger partial charge is 0.345 e. The molecule has 9 heteroatoms. The van der Waals surface area contributed by atoms with Crippen LogP contribution in [0.25, 0.3) is 0 Å². The lowest BCUT2D eigenvalue weighted by atomic mass is 10.1. The van der Waals surface area contributed by atoms with Gasteiger partial charge >= 0.3 is 7.67 Å². The van der Waals surface area contributed by atoms with Gasteiger partial charge in [-0.1, -0.05) is 0 Å². The molecule has 0 aromatic carbocycles. The number of hydrogen-bond donors (Lipinski definition) is 1. The summed E-state index contributed by atoms with van der Waals surface area (Å²) >= 11 is 0. The summed E-state index contributed by atoms with van der Waals surface area (Å²) in [5.74, 6) is -0.132. The molecule has 1 aliphatic heterocycles. The van der Waals surface area contributed by atoms with E-state index in [-0.39, 0.29) is 12.5 Å². The van der Waals surface area contributed by atoms with Crippen molar-refractivity contribution in [1.82, 2.24) is 14.2 Å². The van der Waals surface area contributed by atoms with Gasteiger partial charge in [0.25, 0.3) is 5.91 Å². The highest BCUT2D eigenvalue weighted by molar-refractivity contribution is 7.53. The summed E-state index contributed by atoms with van der Waals surface area (Å²) in [4.78, 5) is 14.5. The lowest BCUT2D eigenvalue weighted by Gasteiger charge is -2.42. The first-order valence-electron chi connectivity index (χ1n) is 8.67. The van der Waals surface area contributed by atoms with Crippen LogP contribution in [0.3, 0.4) is 0 Å². The Morgan fingerprint density at radius 2 is 1.68 bits per heavy atom. The van der Waals surface area contributed by atoms with E-state index in [0.29, 0.717) is 32.8 Å². The van der Waals surface area contributed by atoms with E-state index in [1.54, 1.807) is 51.4 Å². The van der Waals surface area contributed by atoms with Crippen molar-refractivity contribution in [2.45, 2.75) is 45.8 Å². The lowest BCUT2D eigenvalue weighted by Crippen LogP contribution is -2.55. The first kappa shape index (κ1) is 22.5. The topological polar surface area (TPSA) is 82.6 Å². The van der Waals surface area contributed by atoms with Crippen LogP contribution in [-0.2, 0) is 18.6 Å². The number of carbonyl (C=O) groups is 1. The summed E-state index contributed by atoms with van der Waals surface area (Å²) in [6, 6.07) is 0. The number of piperazine rings is 1. The molecular formula is C16H34N3O5P. The summed E-state index contributed by atoms with van der Waals surface area (Å²) in [7, 11) is 0.441. The fourth-order valence-electron chi connectivity index (χ4n) is 2.57. The van der Waals surface area contributed by atoms with Gasteiger partial charge in [0.2, 0.25) is 0 Å². The molecule has 25 heavy (non-hydrogen) atoms. The molecule has 0 radical (unpaired) electrons. The molecule has 1 fully saturated rings. The predicted octanol–water partition coefficient (Wildman–Crippen LogP) is 1.40. The largest absolute Gasteiger partial charge is 0.388 e. The van der Waals surface area contributed by atoms with Crippen molar-refractivity contribution in [2.24, 2.45) is 0 Å². The molecule has 0 spiro atoms. The summed E-state index contributed by atoms with van der Waals surface area (Å²) in [5.41, 5.74) is -2.01. The fourth-order valence-corrected chi connectivity index (χ4v) is 4.49. The maximum absolute atomic E-state index is 13.0. The fraction of sp³-hybridized carbons (Fsp3) is 0.938. The van der Waals surface area contributed by atoms with Crippen molar-refractivity contribution in [2.75, 3.05) is 53.5 Å². The van der Waals surface area contributed by atoms with Crippen molar-refractivity contribution in [3.05, 3.63) is 0 Å². The minimum atomic E-state index is -3.03. The third-order valence-electron chi connectivity index (χ3n) is 4.00. The summed E-state index contributed by atoms with van der Waals surface area (Å²) < 4.78 is 27.6. The Bertz CT molecular complexity index is 496. The Hall–Kier alpha value is -0.500. The Morgan fingerprint density at radius 1 is 1.16 bits per heavy atom. The highest BCUT2D eigenvalue weighted by Crippen LogP contribution is 2.52. The molecular weight excluding hydrogens is 345 g/mol. The predicted molar refractivity (Wildman–Crippen MR) is 97.4 cm³/mol. The zero-order valence-corrected chi connectivity index (χ0v) is 17.5. The van der Waals surface area contributed by atoms with E-state index in [2.05, 4.69) is 0 Å². The van der Waals surface area contributed by atoms with Gasteiger partial charge in [-0.15, -0.1) is 0 Å². The van der Waals surface area contributed by atoms with E-state index in [9.17, 15) is 14.5 Å². The summed E-state index contributed by atoms with van der Waals surface area (Å²) in [5, 5.41) is 9.79. The van der Waals surface area contributed by atoms with E-state index >= 15 is 0 Å². The molecule has 1 unspecified atom stereocenters. The van der Waals surface area contributed by atoms with Crippen molar-refractivity contribution in [3.8, 4) is 0 Å². The SMILES string of the molecule is CCOP(=O)(N(C)C)N1CCN(C(=O)C(C)(C)OCC(C)(C)O)CC1. The summed E-state index contributed by atoms with van der Waals surface area (Å²) in [6.07, 6.45) is 0. The molecule has 1 amide bonds. The number of amides is 1. The molecule has 1 atom stereocenters. The van der Waals surface area contributed by atoms with Crippen molar-refractivity contribution < 1.29 is 23.7 Å². The van der Waals surface area contributed by atoms with Gasteiger partial charge in [0.15, 0.2) is 0 Å². The van der Waals surface area contributed by atoms with Crippen LogP contribution in [0.5, 0.6) is 0 Å². The van der Waals surface area contributed by atoms with Gasteiger partial charge in [-0.25, -0.2) is 9.34 Å². The average Bonchev–Trinajstić information content (AvgIpc) is 2.52. The Kier molecular flexibility index (Phi) is 7.63. The van der Waals surface area contributed by atoms with Crippen LogP contribution >= 0.6 is 7.67 Å². The molecule has 0 aliphatic carbocycles. The van der Waals surface area contributed by atoms with Gasteiger partial charge in [-0.2, -0.15) is 0 Å². The molecule has 0 aromatic heterocycles. The van der Waals surface area contributed by atoms with Gasteiger partial charge in [0.1, 0.15) is 5.60 Å². The number of nitrogens with zero attached hydrogens (tertiary/aromatic N) is 3. The lowest BCUT2D eigenvalue weighted by molar-refractivity contribution is -0.162. The minimum Gasteiger partial charge on any atom is -0.388 e. The molecule has 8 nitrogen and oxygen atoms in total. The standard InChI is InChI=1S/C16H34N3O5P/c1-8-24-25(22,17(6)7)19-11-9-18(10-12-19)14(20)16(4,5)23-13-15(2,3)21/h21H,8-13H2,1-7H3. The molecule has 1 heterocycles. The monoisotopic (exact) mass is 379 g/mol. The molecule has 0 saturated carbocycles. The van der Waals surface area contributed by atoms with E-state index in [0.717, 1.165) is 0 Å². The van der Waals surface area contributed by atoms with E-state index in [4.69, 9.17) is 9.26 Å². The second kappa shape index (κ2) is 8.46. The minimum absolute atomic E-state index is 0.0753. The van der Waals surface area contributed by atoms with Gasteiger partial charge in [0, 0.05) is 26.2 Å². The van der Waals surface area contributed by atoms with Crippen LogP contribution in [0, 0.1) is 0 Å². The molecule has 1 rings (SSSR count). The van der Waals surface area contributed by atoms with Crippen molar-refractivity contribution in [1.29, 1.82) is 0 Å². The second-order valence-electron chi connectivity index (χ2n) is 7.61. The van der Waals surface area contributed by atoms with Crippen LogP contribution in [0.15, 0.2) is 0 Å². The normalized spacial score (nSPS) is 20.0. The summed E-state index contributed by atoms with van der Waals surface area (Å²) in [6.45, 7) is 10.8. The van der Waals surface area contributed by atoms with Crippen molar-refractivity contribution in [3.63, 3.8) is 0 Å². The highest BCUT2D eigenvalue weighted by atomic mass is 31.2. The number of rotatable bonds is 8. The van der Waals surface area contributed by atoms with Crippen LogP contribution in [-0.4, -0.2) is 89.9 Å². The molecule has 0 bridgehead atoms. The Labute approximate surface area is 151 Å². The first-order valence-corrected chi connectivity index (χ1v) is 10.2. The number of ether oxygens (including phenoxy) is 1. The Balaban J connectivity index is 2.69. The van der Waals surface area contributed by atoms with Crippen LogP contribution in [0.1, 0.15) is 34.6 Å².